The van der Waals surface area contributed by atoms with E-state index in [1.807, 2.05) is 0 Å². The van der Waals surface area contributed by atoms with Crippen molar-refractivity contribution in [2.45, 2.75) is 20.0 Å². The molecule has 1 atom stereocenters. The average Bonchev–Trinajstić information content (AvgIpc) is 2.94. The van der Waals surface area contributed by atoms with Crippen molar-refractivity contribution in [3.63, 3.8) is 0 Å². The number of ether oxygens (including phenoxy) is 3. The first-order chi connectivity index (χ1) is 12.4. The first kappa shape index (κ1) is 20.1. The maximum absolute atomic E-state index is 12.7. The number of carbonyl (C=O) groups excluding carboxylic acids is 2. The molecule has 1 aromatic heterocycles. The van der Waals surface area contributed by atoms with E-state index in [1.54, 1.807) is 18.7 Å². The summed E-state index contributed by atoms with van der Waals surface area (Å²) in [5.74, 6) is -0.692. The molecule has 26 heavy (non-hydrogen) atoms. The minimum absolute atomic E-state index is 0.108. The molecule has 0 bridgehead atoms. The van der Waals surface area contributed by atoms with E-state index < -0.39 is 5.97 Å². The summed E-state index contributed by atoms with van der Waals surface area (Å²) in [6.07, 6.45) is -0.312. The molecular formula is C15H23N5O5S. The predicted octanol–water partition coefficient (Wildman–Crippen LogP) is -0.223. The second-order valence-corrected chi connectivity index (χ2v) is 6.49. The number of hydrogen-bond donors (Lipinski definition) is 2. The minimum Gasteiger partial charge on any atom is -0.464 e. The van der Waals surface area contributed by atoms with E-state index >= 15 is 0 Å². The predicted molar refractivity (Wildman–Crippen MR) is 95.4 cm³/mol. The summed E-state index contributed by atoms with van der Waals surface area (Å²) < 4.78 is 15.7. The average molecular weight is 385 g/mol. The largest absolute Gasteiger partial charge is 0.464 e. The number of thiazole rings is 1. The molecule has 1 aliphatic rings. The molecule has 4 N–H and O–H groups in total. The number of rotatable bonds is 7. The molecule has 11 heteroatoms. The van der Waals surface area contributed by atoms with Gasteiger partial charge in [0.15, 0.2) is 5.96 Å². The lowest BCUT2D eigenvalue weighted by molar-refractivity contribution is -0.150. The van der Waals surface area contributed by atoms with Crippen molar-refractivity contribution in [2.24, 2.45) is 16.5 Å². The number of guanidine groups is 1. The number of aliphatic imine (C=N–C) groups is 1. The van der Waals surface area contributed by atoms with Crippen molar-refractivity contribution in [3.05, 3.63) is 10.6 Å². The summed E-state index contributed by atoms with van der Waals surface area (Å²) >= 11 is 1.13. The Morgan fingerprint density at radius 1 is 1.46 bits per heavy atom. The molecular weight excluding hydrogens is 362 g/mol. The third-order valence-electron chi connectivity index (χ3n) is 3.46. The van der Waals surface area contributed by atoms with E-state index in [4.69, 9.17) is 25.7 Å². The lowest BCUT2D eigenvalue weighted by atomic mass is 10.2. The molecule has 1 aliphatic heterocycles. The summed E-state index contributed by atoms with van der Waals surface area (Å²) in [7, 11) is 0. The van der Waals surface area contributed by atoms with E-state index in [0.717, 1.165) is 11.3 Å². The molecule has 1 fully saturated rings. The third-order valence-corrected chi connectivity index (χ3v) is 4.50. The Hall–Kier alpha value is -2.24. The fraction of sp³-hybridized carbons (Fsp3) is 0.600. The SMILES string of the molecule is CCOC(=O)COCC1CN(C(=O)c2sc(N=C(N)N)nc2C)CCO1. The highest BCUT2D eigenvalue weighted by Gasteiger charge is 2.28. The van der Waals surface area contributed by atoms with Gasteiger partial charge in [-0.15, -0.1) is 0 Å². The number of carbonyl (C=O) groups is 2. The third kappa shape index (κ3) is 5.64. The molecule has 10 nitrogen and oxygen atoms in total. The molecule has 0 spiro atoms. The highest BCUT2D eigenvalue weighted by Crippen LogP contribution is 2.26. The van der Waals surface area contributed by atoms with Crippen LogP contribution in [-0.2, 0) is 19.0 Å². The zero-order valence-corrected chi connectivity index (χ0v) is 15.6. The summed E-state index contributed by atoms with van der Waals surface area (Å²) in [6.45, 7) is 5.03. The zero-order valence-electron chi connectivity index (χ0n) is 14.8. The van der Waals surface area contributed by atoms with Crippen LogP contribution in [0.4, 0.5) is 5.13 Å². The minimum atomic E-state index is -0.427. The Morgan fingerprint density at radius 2 is 2.23 bits per heavy atom. The van der Waals surface area contributed by atoms with Crippen LogP contribution in [0.25, 0.3) is 0 Å². The van der Waals surface area contributed by atoms with Crippen LogP contribution in [-0.4, -0.2) is 73.3 Å². The standard InChI is InChI=1S/C15H23N5O5S/c1-3-24-11(21)8-23-7-10-6-20(4-5-25-10)13(22)12-9(2)18-15(26-12)19-14(16)17/h10H,3-8H2,1-2H3,(H4,16,17,18,19). The molecule has 0 radical (unpaired) electrons. The van der Waals surface area contributed by atoms with Crippen molar-refractivity contribution < 1.29 is 23.8 Å². The number of aromatic nitrogens is 1. The van der Waals surface area contributed by atoms with Crippen LogP contribution < -0.4 is 11.5 Å². The van der Waals surface area contributed by atoms with Crippen LogP contribution in [0.3, 0.4) is 0 Å². The lowest BCUT2D eigenvalue weighted by Crippen LogP contribution is -2.47. The molecule has 0 aliphatic carbocycles. The van der Waals surface area contributed by atoms with Gasteiger partial charge in [0.05, 0.1) is 31.6 Å². The molecule has 0 aromatic carbocycles. The summed E-state index contributed by atoms with van der Waals surface area (Å²) in [4.78, 5) is 34.2. The van der Waals surface area contributed by atoms with Crippen LogP contribution in [0.5, 0.6) is 0 Å². The first-order valence-corrected chi connectivity index (χ1v) is 8.93. The van der Waals surface area contributed by atoms with Gasteiger partial charge >= 0.3 is 5.97 Å². The van der Waals surface area contributed by atoms with E-state index in [0.29, 0.717) is 42.0 Å². The topological polar surface area (TPSA) is 142 Å². The van der Waals surface area contributed by atoms with Crippen molar-refractivity contribution >= 4 is 34.3 Å². The Balaban J connectivity index is 1.92. The second kappa shape index (κ2) is 9.46. The maximum atomic E-state index is 12.7. The van der Waals surface area contributed by atoms with Gasteiger partial charge in [0.25, 0.3) is 5.91 Å². The molecule has 2 heterocycles. The van der Waals surface area contributed by atoms with Crippen molar-refractivity contribution in [3.8, 4) is 0 Å². The Morgan fingerprint density at radius 3 is 2.92 bits per heavy atom. The van der Waals surface area contributed by atoms with Gasteiger partial charge < -0.3 is 30.6 Å². The number of hydrogen-bond acceptors (Lipinski definition) is 8. The first-order valence-electron chi connectivity index (χ1n) is 8.12. The van der Waals surface area contributed by atoms with E-state index in [1.165, 1.54) is 0 Å². The summed E-state index contributed by atoms with van der Waals surface area (Å²) in [5.41, 5.74) is 11.3. The quantitative estimate of drug-likeness (QED) is 0.372. The molecule has 1 aromatic rings. The monoisotopic (exact) mass is 385 g/mol. The molecule has 1 amide bonds. The molecule has 1 unspecified atom stereocenters. The van der Waals surface area contributed by atoms with Crippen LogP contribution in [0.15, 0.2) is 4.99 Å². The number of nitrogens with two attached hydrogens (primary N) is 2. The smallest absolute Gasteiger partial charge is 0.332 e. The highest BCUT2D eigenvalue weighted by molar-refractivity contribution is 7.17. The van der Waals surface area contributed by atoms with E-state index in [-0.39, 0.29) is 31.2 Å². The number of esters is 1. The summed E-state index contributed by atoms with van der Waals surface area (Å²) in [6, 6.07) is 0. The number of nitrogens with zero attached hydrogens (tertiary/aromatic N) is 3. The zero-order chi connectivity index (χ0) is 19.1. The van der Waals surface area contributed by atoms with Gasteiger partial charge in [0.2, 0.25) is 5.13 Å². The summed E-state index contributed by atoms with van der Waals surface area (Å²) in [5, 5.41) is 0.341. The maximum Gasteiger partial charge on any atom is 0.332 e. The van der Waals surface area contributed by atoms with Crippen molar-refractivity contribution in [2.75, 3.05) is 39.5 Å². The normalized spacial score (nSPS) is 17.0. The van der Waals surface area contributed by atoms with Crippen LogP contribution in [0.2, 0.25) is 0 Å². The number of aryl methyl sites for hydroxylation is 1. The fourth-order valence-corrected chi connectivity index (χ4v) is 3.29. The van der Waals surface area contributed by atoms with Crippen LogP contribution in [0.1, 0.15) is 22.3 Å². The van der Waals surface area contributed by atoms with Crippen molar-refractivity contribution in [1.82, 2.24) is 9.88 Å². The second-order valence-electron chi connectivity index (χ2n) is 5.51. The van der Waals surface area contributed by atoms with Crippen LogP contribution in [0, 0.1) is 6.92 Å². The number of amides is 1. The molecule has 0 saturated carbocycles. The Kier molecular flexibility index (Phi) is 7.30. The van der Waals surface area contributed by atoms with Crippen LogP contribution >= 0.6 is 11.3 Å². The van der Waals surface area contributed by atoms with Gasteiger partial charge in [-0.2, -0.15) is 4.99 Å². The fourth-order valence-electron chi connectivity index (χ4n) is 2.36. The van der Waals surface area contributed by atoms with Gasteiger partial charge in [-0.05, 0) is 13.8 Å². The van der Waals surface area contributed by atoms with E-state index in [9.17, 15) is 9.59 Å². The number of morpholine rings is 1. The molecule has 2 rings (SSSR count). The molecule has 1 saturated heterocycles. The highest BCUT2D eigenvalue weighted by atomic mass is 32.1. The Bertz CT molecular complexity index is 673. The van der Waals surface area contributed by atoms with Gasteiger partial charge in [0.1, 0.15) is 11.5 Å². The van der Waals surface area contributed by atoms with Crippen molar-refractivity contribution in [1.29, 1.82) is 0 Å². The van der Waals surface area contributed by atoms with Gasteiger partial charge in [-0.25, -0.2) is 9.78 Å². The van der Waals surface area contributed by atoms with Gasteiger partial charge in [0, 0.05) is 13.1 Å². The van der Waals surface area contributed by atoms with Gasteiger partial charge in [-0.1, -0.05) is 11.3 Å². The van der Waals surface area contributed by atoms with Gasteiger partial charge in [-0.3, -0.25) is 4.79 Å². The van der Waals surface area contributed by atoms with E-state index in [2.05, 4.69) is 9.98 Å². The lowest BCUT2D eigenvalue weighted by Gasteiger charge is -2.32. The Labute approximate surface area is 155 Å². The molecule has 144 valence electrons.